The maximum Gasteiger partial charge on any atom is 0.374 e. The Bertz CT molecular complexity index is 616. The molecule has 0 bridgehead atoms. The van der Waals surface area contributed by atoms with Crippen molar-refractivity contribution < 1.29 is 9.53 Å². The third-order valence-electron chi connectivity index (χ3n) is 3.45. The molecule has 2 aromatic rings. The third kappa shape index (κ3) is 2.26. The minimum absolute atomic E-state index is 0.261. The standard InChI is InChI=1S/C15H16N2O2/c1-2-19-15(18)14-16-9-13(17-14)12-7-6-10-4-3-5-11(10)8-12/h6-9H,2-5H2,1H3,(H,16,17). The predicted octanol–water partition coefficient (Wildman–Crippen LogP) is 2.74. The Labute approximate surface area is 111 Å². The number of imidazole rings is 1. The van der Waals surface area contributed by atoms with E-state index < -0.39 is 5.97 Å². The summed E-state index contributed by atoms with van der Waals surface area (Å²) in [5.41, 5.74) is 4.78. The van der Waals surface area contributed by atoms with Crippen molar-refractivity contribution in [3.8, 4) is 11.3 Å². The normalized spacial score (nSPS) is 13.3. The first-order chi connectivity index (χ1) is 9.28. The van der Waals surface area contributed by atoms with Crippen LogP contribution in [-0.4, -0.2) is 22.5 Å². The smallest absolute Gasteiger partial charge is 0.374 e. The van der Waals surface area contributed by atoms with E-state index in [-0.39, 0.29) is 5.82 Å². The van der Waals surface area contributed by atoms with E-state index >= 15 is 0 Å². The number of hydrogen-bond donors (Lipinski definition) is 1. The first-order valence-electron chi connectivity index (χ1n) is 6.62. The molecule has 1 N–H and O–H groups in total. The van der Waals surface area contributed by atoms with Crippen molar-refractivity contribution in [1.82, 2.24) is 9.97 Å². The van der Waals surface area contributed by atoms with E-state index in [9.17, 15) is 4.79 Å². The highest BCUT2D eigenvalue weighted by molar-refractivity contribution is 5.86. The zero-order valence-corrected chi connectivity index (χ0v) is 10.9. The fourth-order valence-electron chi connectivity index (χ4n) is 2.51. The van der Waals surface area contributed by atoms with Crippen LogP contribution in [0.5, 0.6) is 0 Å². The summed E-state index contributed by atoms with van der Waals surface area (Å²) < 4.78 is 4.92. The van der Waals surface area contributed by atoms with Gasteiger partial charge in [-0.1, -0.05) is 12.1 Å². The second-order valence-corrected chi connectivity index (χ2v) is 4.70. The monoisotopic (exact) mass is 256 g/mol. The van der Waals surface area contributed by atoms with Gasteiger partial charge in [0.2, 0.25) is 5.82 Å². The molecule has 4 nitrogen and oxygen atoms in total. The molecule has 1 aliphatic rings. The van der Waals surface area contributed by atoms with Crippen LogP contribution in [0.1, 0.15) is 35.1 Å². The van der Waals surface area contributed by atoms with Crippen molar-refractivity contribution >= 4 is 5.97 Å². The molecule has 98 valence electrons. The minimum atomic E-state index is -0.407. The van der Waals surface area contributed by atoms with Crippen molar-refractivity contribution in [1.29, 1.82) is 0 Å². The van der Waals surface area contributed by atoms with Crippen LogP contribution < -0.4 is 0 Å². The second-order valence-electron chi connectivity index (χ2n) is 4.70. The van der Waals surface area contributed by atoms with Gasteiger partial charge in [-0.15, -0.1) is 0 Å². The molecule has 0 aliphatic heterocycles. The van der Waals surface area contributed by atoms with E-state index in [1.54, 1.807) is 13.1 Å². The quantitative estimate of drug-likeness (QED) is 0.859. The van der Waals surface area contributed by atoms with Gasteiger partial charge in [0.15, 0.2) is 0 Å². The molecule has 0 saturated carbocycles. The lowest BCUT2D eigenvalue weighted by Gasteiger charge is -2.02. The minimum Gasteiger partial charge on any atom is -0.460 e. The number of carbonyl (C=O) groups excluding carboxylic acids is 1. The molecular formula is C15H16N2O2. The zero-order chi connectivity index (χ0) is 13.2. The number of fused-ring (bicyclic) bond motifs is 1. The lowest BCUT2D eigenvalue weighted by Crippen LogP contribution is -2.06. The largest absolute Gasteiger partial charge is 0.460 e. The number of aryl methyl sites for hydroxylation is 2. The molecule has 1 heterocycles. The Hall–Kier alpha value is -2.10. The van der Waals surface area contributed by atoms with Gasteiger partial charge in [0.1, 0.15) is 0 Å². The molecule has 1 aliphatic carbocycles. The lowest BCUT2D eigenvalue weighted by atomic mass is 10.1. The number of carbonyl (C=O) groups is 1. The number of nitrogens with one attached hydrogen (secondary N) is 1. The van der Waals surface area contributed by atoms with Crippen molar-refractivity contribution in [2.45, 2.75) is 26.2 Å². The number of esters is 1. The first kappa shape index (κ1) is 12.0. The van der Waals surface area contributed by atoms with Gasteiger partial charge in [0.05, 0.1) is 18.5 Å². The average molecular weight is 256 g/mol. The summed E-state index contributed by atoms with van der Waals surface area (Å²) in [7, 11) is 0. The van der Waals surface area contributed by atoms with Gasteiger partial charge in [-0.25, -0.2) is 9.78 Å². The summed E-state index contributed by atoms with van der Waals surface area (Å²) in [5.74, 6) is -0.146. The molecule has 4 heteroatoms. The number of rotatable bonds is 3. The van der Waals surface area contributed by atoms with Gasteiger partial charge in [0, 0.05) is 0 Å². The fourth-order valence-corrected chi connectivity index (χ4v) is 2.51. The maximum absolute atomic E-state index is 11.6. The van der Waals surface area contributed by atoms with Crippen LogP contribution in [0.2, 0.25) is 0 Å². The van der Waals surface area contributed by atoms with Crippen LogP contribution in [0.15, 0.2) is 24.4 Å². The molecule has 1 aromatic heterocycles. The number of ether oxygens (including phenoxy) is 1. The Balaban J connectivity index is 1.88. The van der Waals surface area contributed by atoms with Crippen LogP contribution in [0.25, 0.3) is 11.3 Å². The molecule has 1 aromatic carbocycles. The molecule has 0 saturated heterocycles. The molecular weight excluding hydrogens is 240 g/mol. The molecule has 0 amide bonds. The van der Waals surface area contributed by atoms with Gasteiger partial charge < -0.3 is 9.72 Å². The highest BCUT2D eigenvalue weighted by Gasteiger charge is 2.14. The van der Waals surface area contributed by atoms with Crippen LogP contribution in [0.3, 0.4) is 0 Å². The second kappa shape index (κ2) is 4.88. The number of aromatic nitrogens is 2. The number of benzene rings is 1. The highest BCUT2D eigenvalue weighted by Crippen LogP contribution is 2.27. The lowest BCUT2D eigenvalue weighted by molar-refractivity contribution is 0.0513. The van der Waals surface area contributed by atoms with Crippen molar-refractivity contribution in [3.63, 3.8) is 0 Å². The van der Waals surface area contributed by atoms with E-state index in [0.29, 0.717) is 6.61 Å². The molecule has 19 heavy (non-hydrogen) atoms. The summed E-state index contributed by atoms with van der Waals surface area (Å²) >= 11 is 0. The van der Waals surface area contributed by atoms with E-state index in [1.807, 2.05) is 0 Å². The van der Waals surface area contributed by atoms with Gasteiger partial charge in [-0.3, -0.25) is 0 Å². The van der Waals surface area contributed by atoms with Gasteiger partial charge in [0.25, 0.3) is 0 Å². The molecule has 0 unspecified atom stereocenters. The van der Waals surface area contributed by atoms with Crippen molar-refractivity contribution in [2.24, 2.45) is 0 Å². The summed E-state index contributed by atoms with van der Waals surface area (Å²) in [4.78, 5) is 18.7. The summed E-state index contributed by atoms with van der Waals surface area (Å²) in [6.45, 7) is 2.13. The SMILES string of the molecule is CCOC(=O)c1ncc(-c2ccc3c(c2)CCC3)[nH]1. The number of nitrogens with zero attached hydrogens (tertiary/aromatic N) is 1. The van der Waals surface area contributed by atoms with Crippen molar-refractivity contribution in [3.05, 3.63) is 41.3 Å². The Morgan fingerprint density at radius 2 is 2.21 bits per heavy atom. The van der Waals surface area contributed by atoms with E-state index in [4.69, 9.17) is 4.74 Å². The van der Waals surface area contributed by atoms with E-state index in [2.05, 4.69) is 28.2 Å². The highest BCUT2D eigenvalue weighted by atomic mass is 16.5. The fraction of sp³-hybridized carbons (Fsp3) is 0.333. The van der Waals surface area contributed by atoms with Gasteiger partial charge in [-0.2, -0.15) is 0 Å². The van der Waals surface area contributed by atoms with E-state index in [0.717, 1.165) is 17.7 Å². The Morgan fingerprint density at radius 3 is 3.05 bits per heavy atom. The number of H-pyrrole nitrogens is 1. The maximum atomic E-state index is 11.6. The summed E-state index contributed by atoms with van der Waals surface area (Å²) in [6.07, 6.45) is 5.23. The topological polar surface area (TPSA) is 55.0 Å². The zero-order valence-electron chi connectivity index (χ0n) is 10.9. The predicted molar refractivity (Wildman–Crippen MR) is 72.0 cm³/mol. The Kier molecular flexibility index (Phi) is 3.07. The summed E-state index contributed by atoms with van der Waals surface area (Å²) in [6, 6.07) is 6.43. The Morgan fingerprint density at radius 1 is 1.37 bits per heavy atom. The molecule has 0 spiro atoms. The molecule has 0 fully saturated rings. The van der Waals surface area contributed by atoms with Crippen LogP contribution in [-0.2, 0) is 17.6 Å². The first-order valence-corrected chi connectivity index (χ1v) is 6.62. The molecule has 3 rings (SSSR count). The third-order valence-corrected chi connectivity index (χ3v) is 3.45. The van der Waals surface area contributed by atoms with Crippen LogP contribution in [0.4, 0.5) is 0 Å². The molecule has 0 atom stereocenters. The average Bonchev–Trinajstić information content (AvgIpc) is 3.07. The number of aromatic amines is 1. The number of hydrogen-bond acceptors (Lipinski definition) is 3. The van der Waals surface area contributed by atoms with Crippen molar-refractivity contribution in [2.75, 3.05) is 6.61 Å². The molecule has 0 radical (unpaired) electrons. The van der Waals surface area contributed by atoms with Gasteiger partial charge >= 0.3 is 5.97 Å². The van der Waals surface area contributed by atoms with E-state index in [1.165, 1.54) is 24.0 Å². The summed E-state index contributed by atoms with van der Waals surface area (Å²) in [5, 5.41) is 0. The van der Waals surface area contributed by atoms with Gasteiger partial charge in [-0.05, 0) is 48.9 Å². The van der Waals surface area contributed by atoms with Crippen LogP contribution >= 0.6 is 0 Å². The van der Waals surface area contributed by atoms with Crippen LogP contribution in [0, 0.1) is 0 Å².